The second-order valence-corrected chi connectivity index (χ2v) is 3.06. The molecule has 0 saturated heterocycles. The van der Waals surface area contributed by atoms with Gasteiger partial charge in [0, 0.05) is 0 Å². The van der Waals surface area contributed by atoms with Gasteiger partial charge >= 0.3 is 0 Å². The van der Waals surface area contributed by atoms with E-state index in [1.165, 1.54) is 0 Å². The molecule has 1 fully saturated rings. The first kappa shape index (κ1) is 8.65. The van der Waals surface area contributed by atoms with Crippen LogP contribution in [0.3, 0.4) is 0 Å². The van der Waals surface area contributed by atoms with E-state index >= 15 is 0 Å². The summed E-state index contributed by atoms with van der Waals surface area (Å²) in [5.74, 6) is 0.241. The second-order valence-electron chi connectivity index (χ2n) is 3.06. The third kappa shape index (κ3) is 1.18. The molecule has 0 aromatic heterocycles. The number of hydrogen-bond acceptors (Lipinski definition) is 3. The van der Waals surface area contributed by atoms with Crippen LogP contribution in [0.5, 0.6) is 0 Å². The Hall–Kier alpha value is -0.440. The quantitative estimate of drug-likeness (QED) is 0.552. The summed E-state index contributed by atoms with van der Waals surface area (Å²) in [5.41, 5.74) is -0.333. The molecule has 11 heavy (non-hydrogen) atoms. The van der Waals surface area contributed by atoms with Gasteiger partial charge in [-0.05, 0) is 12.8 Å². The second kappa shape index (κ2) is 2.89. The highest BCUT2D eigenvalue weighted by Gasteiger charge is 2.43. The van der Waals surface area contributed by atoms with E-state index in [-0.39, 0.29) is 23.7 Å². The molecule has 2 aliphatic rings. The van der Waals surface area contributed by atoms with Crippen molar-refractivity contribution < 1.29 is 4.79 Å². The molecule has 1 aliphatic heterocycles. The van der Waals surface area contributed by atoms with Gasteiger partial charge in [-0.2, -0.15) is 10.2 Å². The highest BCUT2D eigenvalue weighted by Crippen LogP contribution is 2.36. The molecular formula is C7H11ClN2O. The number of Topliss-reactive ketones (excluding diaryl/α,β-unsaturated/α-hetero) is 1. The van der Waals surface area contributed by atoms with Gasteiger partial charge < -0.3 is 0 Å². The van der Waals surface area contributed by atoms with Crippen LogP contribution in [-0.4, -0.2) is 17.9 Å². The van der Waals surface area contributed by atoms with E-state index in [9.17, 15) is 4.79 Å². The van der Waals surface area contributed by atoms with E-state index < -0.39 is 0 Å². The van der Waals surface area contributed by atoms with Crippen LogP contribution >= 0.6 is 12.4 Å². The number of carbonyl (C=O) groups is 1. The van der Waals surface area contributed by atoms with Gasteiger partial charge in [-0.3, -0.25) is 4.79 Å². The summed E-state index contributed by atoms with van der Waals surface area (Å²) in [4.78, 5) is 11.2. The van der Waals surface area contributed by atoms with E-state index in [4.69, 9.17) is 0 Å². The minimum absolute atomic E-state index is 0. The Morgan fingerprint density at radius 3 is 2.36 bits per heavy atom. The summed E-state index contributed by atoms with van der Waals surface area (Å²) < 4.78 is 0. The van der Waals surface area contributed by atoms with Crippen LogP contribution in [0.25, 0.3) is 0 Å². The van der Waals surface area contributed by atoms with Crippen LogP contribution in [0.1, 0.15) is 25.7 Å². The summed E-state index contributed by atoms with van der Waals surface area (Å²) in [6, 6.07) is 0. The summed E-state index contributed by atoms with van der Waals surface area (Å²) in [7, 11) is 0. The van der Waals surface area contributed by atoms with Crippen molar-refractivity contribution in [2.75, 3.05) is 6.54 Å². The molecule has 0 unspecified atom stereocenters. The lowest BCUT2D eigenvalue weighted by Crippen LogP contribution is -2.30. The molecule has 2 rings (SSSR count). The molecule has 62 valence electrons. The molecule has 0 aromatic rings. The summed E-state index contributed by atoms with van der Waals surface area (Å²) in [6.45, 7) is 0.333. The molecule has 0 aromatic carbocycles. The molecule has 1 spiro atoms. The molecule has 4 heteroatoms. The fourth-order valence-electron chi connectivity index (χ4n) is 1.78. The summed E-state index contributed by atoms with van der Waals surface area (Å²) >= 11 is 0. The number of azo groups is 1. The Balaban J connectivity index is 0.000000605. The fourth-order valence-corrected chi connectivity index (χ4v) is 1.78. The van der Waals surface area contributed by atoms with Crippen LogP contribution in [0, 0.1) is 0 Å². The maximum atomic E-state index is 11.2. The molecule has 3 nitrogen and oxygen atoms in total. The first-order chi connectivity index (χ1) is 4.83. The maximum Gasteiger partial charge on any atom is 0.185 e. The third-order valence-electron chi connectivity index (χ3n) is 2.43. The zero-order valence-electron chi connectivity index (χ0n) is 6.25. The minimum atomic E-state index is -0.333. The normalized spacial score (nSPS) is 26.0. The minimum Gasteiger partial charge on any atom is -0.295 e. The first-order valence-corrected chi connectivity index (χ1v) is 3.75. The van der Waals surface area contributed by atoms with Gasteiger partial charge in [-0.25, -0.2) is 0 Å². The maximum absolute atomic E-state index is 11.2. The van der Waals surface area contributed by atoms with Crippen LogP contribution < -0.4 is 0 Å². The van der Waals surface area contributed by atoms with E-state index in [1.807, 2.05) is 0 Å². The van der Waals surface area contributed by atoms with Crippen molar-refractivity contribution in [2.24, 2.45) is 10.2 Å². The summed E-state index contributed by atoms with van der Waals surface area (Å²) in [6.07, 6.45) is 4.17. The van der Waals surface area contributed by atoms with Crippen LogP contribution in [0.15, 0.2) is 10.2 Å². The molecule has 0 amide bonds. The predicted octanol–water partition coefficient (Wildman–Crippen LogP) is 1.76. The van der Waals surface area contributed by atoms with Crippen LogP contribution in [0.2, 0.25) is 0 Å². The first-order valence-electron chi connectivity index (χ1n) is 3.75. The van der Waals surface area contributed by atoms with Crippen molar-refractivity contribution in [3.63, 3.8) is 0 Å². The number of nitrogens with zero attached hydrogens (tertiary/aromatic N) is 2. The van der Waals surface area contributed by atoms with Crippen molar-refractivity contribution in [3.05, 3.63) is 0 Å². The zero-order valence-corrected chi connectivity index (χ0v) is 7.06. The molecule has 1 heterocycles. The van der Waals surface area contributed by atoms with Crippen molar-refractivity contribution in [1.82, 2.24) is 0 Å². The Labute approximate surface area is 71.7 Å². The molecular weight excluding hydrogens is 164 g/mol. The Morgan fingerprint density at radius 1 is 1.27 bits per heavy atom. The van der Waals surface area contributed by atoms with Crippen molar-refractivity contribution in [2.45, 2.75) is 31.2 Å². The largest absolute Gasteiger partial charge is 0.295 e. The fraction of sp³-hybridized carbons (Fsp3) is 0.857. The number of rotatable bonds is 0. The number of hydrogen-bond donors (Lipinski definition) is 0. The lowest BCUT2D eigenvalue weighted by atomic mass is 9.94. The SMILES string of the molecule is Cl.O=C1CN=NC12CCCC2. The van der Waals surface area contributed by atoms with Crippen molar-refractivity contribution >= 4 is 18.2 Å². The van der Waals surface area contributed by atoms with Gasteiger partial charge in [-0.1, -0.05) is 12.8 Å². The monoisotopic (exact) mass is 174 g/mol. The average Bonchev–Trinajstić information content (AvgIpc) is 2.48. The van der Waals surface area contributed by atoms with Gasteiger partial charge in [0.1, 0.15) is 12.1 Å². The highest BCUT2D eigenvalue weighted by molar-refractivity contribution is 5.91. The van der Waals surface area contributed by atoms with Crippen molar-refractivity contribution in [3.8, 4) is 0 Å². The van der Waals surface area contributed by atoms with E-state index in [0.29, 0.717) is 6.54 Å². The van der Waals surface area contributed by atoms with Gasteiger partial charge in [0.15, 0.2) is 5.78 Å². The molecule has 0 bridgehead atoms. The van der Waals surface area contributed by atoms with Gasteiger partial charge in [-0.15, -0.1) is 12.4 Å². The topological polar surface area (TPSA) is 41.8 Å². The summed E-state index contributed by atoms with van der Waals surface area (Å²) in [5, 5.41) is 7.80. The van der Waals surface area contributed by atoms with Gasteiger partial charge in [0.25, 0.3) is 0 Å². The Morgan fingerprint density at radius 2 is 1.91 bits per heavy atom. The Kier molecular flexibility index (Phi) is 2.28. The van der Waals surface area contributed by atoms with Crippen LogP contribution in [-0.2, 0) is 4.79 Å². The van der Waals surface area contributed by atoms with Crippen molar-refractivity contribution in [1.29, 1.82) is 0 Å². The standard InChI is InChI=1S/C7H10N2O.ClH/c10-6-5-8-9-7(6)3-1-2-4-7;/h1-5H2;1H. The molecule has 0 radical (unpaired) electrons. The molecule has 1 saturated carbocycles. The van der Waals surface area contributed by atoms with Crippen LogP contribution in [0.4, 0.5) is 0 Å². The van der Waals surface area contributed by atoms with E-state index in [2.05, 4.69) is 10.2 Å². The highest BCUT2D eigenvalue weighted by atomic mass is 35.5. The third-order valence-corrected chi connectivity index (χ3v) is 2.43. The molecule has 1 aliphatic carbocycles. The number of carbonyl (C=O) groups excluding carboxylic acids is 1. The van der Waals surface area contributed by atoms with Gasteiger partial charge in [0.2, 0.25) is 0 Å². The number of ketones is 1. The Bertz CT molecular complexity index is 197. The molecule has 0 N–H and O–H groups in total. The lowest BCUT2D eigenvalue weighted by molar-refractivity contribution is -0.121. The lowest BCUT2D eigenvalue weighted by Gasteiger charge is -2.13. The zero-order chi connectivity index (χ0) is 7.03. The smallest absolute Gasteiger partial charge is 0.185 e. The molecule has 0 atom stereocenters. The van der Waals surface area contributed by atoms with E-state index in [1.54, 1.807) is 0 Å². The van der Waals surface area contributed by atoms with E-state index in [0.717, 1.165) is 25.7 Å². The van der Waals surface area contributed by atoms with Gasteiger partial charge in [0.05, 0.1) is 0 Å². The predicted molar refractivity (Wildman–Crippen MR) is 43.2 cm³/mol. The number of halogens is 1. The average molecular weight is 175 g/mol.